The molecule has 0 radical (unpaired) electrons. The minimum absolute atomic E-state index is 0.738. The molecule has 0 heterocycles. The van der Waals surface area contributed by atoms with Crippen molar-refractivity contribution in [2.45, 2.75) is 154 Å². The summed E-state index contributed by atoms with van der Waals surface area (Å²) < 4.78 is 7.51. The molecule has 44 heavy (non-hydrogen) atoms. The zero-order valence-corrected chi connectivity index (χ0v) is 41.5. The van der Waals surface area contributed by atoms with Crippen molar-refractivity contribution in [1.29, 1.82) is 0 Å². The molecule has 0 fully saturated rings. The molecule has 0 saturated carbocycles. The van der Waals surface area contributed by atoms with Gasteiger partial charge in [0.1, 0.15) is 0 Å². The molecule has 0 unspecified atom stereocenters. The summed E-state index contributed by atoms with van der Waals surface area (Å²) in [5, 5.41) is 2.24. The molecule has 2 aromatic rings. The standard InChI is InChI=1S/C27H59Si6.C9H11N.Sb/c1-28(2,3)25(29(4,5)6)22-19-23(26(30(7,8)9)31(10,11)12)21-24(20-22)27(32(13,14)15)33(16,17)18;1-6-4-7(2)9(10)8(3)5-6;/h19-20,25-27H,1-18H3;4-5H,1-3H3;. The molecule has 0 aliphatic carbocycles. The zero-order chi connectivity index (χ0) is 34.6. The van der Waals surface area contributed by atoms with Gasteiger partial charge in [0.05, 0.1) is 0 Å². The molecular formula is C36H70NSbSi6. The van der Waals surface area contributed by atoms with Crippen LogP contribution in [-0.2, 0) is 0 Å². The van der Waals surface area contributed by atoms with Crippen LogP contribution < -0.4 is 3.51 Å². The first-order chi connectivity index (χ1) is 19.4. The topological polar surface area (TPSA) is 12.4 Å². The maximum absolute atomic E-state index is 5.73. The Bertz CT molecular complexity index is 1240. The van der Waals surface area contributed by atoms with Gasteiger partial charge < -0.3 is 0 Å². The number of rotatable bonds is 11. The van der Waals surface area contributed by atoms with E-state index < -0.39 is 69.9 Å². The fourth-order valence-corrected chi connectivity index (χ4v) is 52.5. The van der Waals surface area contributed by atoms with E-state index in [1.54, 1.807) is 20.2 Å². The summed E-state index contributed by atoms with van der Waals surface area (Å²) in [6, 6.07) is 10.4. The quantitative estimate of drug-likeness (QED) is 0.201. The second-order valence-corrected chi connectivity index (χ2v) is 56.5. The van der Waals surface area contributed by atoms with Crippen LogP contribution in [0.1, 0.15) is 48.9 Å². The Hall–Kier alpha value is 0.359. The van der Waals surface area contributed by atoms with Crippen LogP contribution in [0.15, 0.2) is 27.4 Å². The molecule has 2 aromatic carbocycles. The van der Waals surface area contributed by atoms with E-state index in [0.717, 1.165) is 15.5 Å². The average molecular weight is 807 g/mol. The molecule has 0 N–H and O–H groups in total. The van der Waals surface area contributed by atoms with Crippen molar-refractivity contribution >= 4 is 79.1 Å². The molecule has 0 atom stereocenters. The van der Waals surface area contributed by atoms with E-state index in [0.29, 0.717) is 0 Å². The van der Waals surface area contributed by atoms with Gasteiger partial charge in [-0.15, -0.1) is 0 Å². The Balaban J connectivity index is 3.34. The third-order valence-corrected chi connectivity index (χ3v) is 40.0. The van der Waals surface area contributed by atoms with Gasteiger partial charge in [0.25, 0.3) is 0 Å². The van der Waals surface area contributed by atoms with Crippen LogP contribution >= 0.6 is 0 Å². The summed E-state index contributed by atoms with van der Waals surface area (Å²) in [5.41, 5.74) is 10.7. The van der Waals surface area contributed by atoms with Gasteiger partial charge in [-0.2, -0.15) is 0 Å². The van der Waals surface area contributed by atoms with E-state index in [4.69, 9.17) is 3.09 Å². The predicted octanol–water partition coefficient (Wildman–Crippen LogP) is 12.0. The average Bonchev–Trinajstić information content (AvgIpc) is 2.68. The van der Waals surface area contributed by atoms with E-state index >= 15 is 0 Å². The molecular weight excluding hydrogens is 737 g/mol. The Labute approximate surface area is 291 Å². The van der Waals surface area contributed by atoms with E-state index in [2.05, 4.69) is 163 Å². The second-order valence-electron chi connectivity index (χ2n) is 20.5. The number of nitrogens with zero attached hydrogens (tertiary/aromatic N) is 1. The van der Waals surface area contributed by atoms with Gasteiger partial charge in [0, 0.05) is 0 Å². The number of hydrogen-bond donors (Lipinski definition) is 0. The van der Waals surface area contributed by atoms with Crippen LogP contribution in [0.4, 0.5) is 5.69 Å². The molecule has 8 heteroatoms. The van der Waals surface area contributed by atoms with Crippen molar-refractivity contribution in [1.82, 2.24) is 0 Å². The number of hydrogen-bond acceptors (Lipinski definition) is 1. The number of aryl methyl sites for hydroxylation is 3. The van der Waals surface area contributed by atoms with E-state index in [-0.39, 0.29) is 0 Å². The fraction of sp³-hybridized carbons (Fsp3) is 0.667. The van der Waals surface area contributed by atoms with Crippen LogP contribution in [0.25, 0.3) is 0 Å². The van der Waals surface area contributed by atoms with Crippen LogP contribution in [0.2, 0.25) is 118 Å². The molecule has 2 rings (SSSR count). The summed E-state index contributed by atoms with van der Waals surface area (Å²) in [6.07, 6.45) is 0. The molecule has 1 nitrogen and oxygen atoms in total. The molecule has 0 aliphatic rings. The Kier molecular flexibility index (Phi) is 12.6. The van der Waals surface area contributed by atoms with Crippen molar-refractivity contribution in [2.75, 3.05) is 0 Å². The van der Waals surface area contributed by atoms with E-state index in [1.807, 2.05) is 0 Å². The fourth-order valence-electron chi connectivity index (χ4n) is 9.62. The van der Waals surface area contributed by atoms with Gasteiger partial charge in [0.2, 0.25) is 0 Å². The van der Waals surface area contributed by atoms with Crippen molar-refractivity contribution in [2.24, 2.45) is 3.09 Å². The Morgan fingerprint density at radius 1 is 0.455 bits per heavy atom. The van der Waals surface area contributed by atoms with Crippen molar-refractivity contribution in [3.8, 4) is 0 Å². The van der Waals surface area contributed by atoms with Crippen LogP contribution in [0.3, 0.4) is 0 Å². The summed E-state index contributed by atoms with van der Waals surface area (Å²) >= 11 is -1.05. The molecule has 0 bridgehead atoms. The summed E-state index contributed by atoms with van der Waals surface area (Å²) in [5.74, 6) is 0. The summed E-state index contributed by atoms with van der Waals surface area (Å²) in [4.78, 5) is 0. The third-order valence-electron chi connectivity index (χ3n) is 9.23. The normalized spacial score (nSPS) is 14.5. The Morgan fingerprint density at radius 2 is 0.750 bits per heavy atom. The van der Waals surface area contributed by atoms with Crippen LogP contribution in [0, 0.1) is 20.8 Å². The van der Waals surface area contributed by atoms with E-state index in [1.165, 1.54) is 22.4 Å². The van der Waals surface area contributed by atoms with Gasteiger partial charge in [-0.3, -0.25) is 0 Å². The number of benzene rings is 2. The summed E-state index contributed by atoms with van der Waals surface area (Å²) in [6.45, 7) is 54.7. The molecule has 0 aromatic heterocycles. The zero-order valence-electron chi connectivity index (χ0n) is 32.9. The van der Waals surface area contributed by atoms with Crippen molar-refractivity contribution in [3.63, 3.8) is 0 Å². The molecule has 0 aliphatic heterocycles. The van der Waals surface area contributed by atoms with Gasteiger partial charge in [-0.05, 0) is 0 Å². The van der Waals surface area contributed by atoms with Gasteiger partial charge in [0.15, 0.2) is 0 Å². The summed E-state index contributed by atoms with van der Waals surface area (Å²) in [7, 11) is -9.12. The third kappa shape index (κ3) is 9.94. The Morgan fingerprint density at radius 3 is 1.02 bits per heavy atom. The van der Waals surface area contributed by atoms with Crippen LogP contribution in [-0.4, -0.2) is 69.9 Å². The van der Waals surface area contributed by atoms with Gasteiger partial charge in [-0.25, -0.2) is 0 Å². The molecule has 248 valence electrons. The second kappa shape index (κ2) is 13.7. The van der Waals surface area contributed by atoms with Crippen molar-refractivity contribution < 1.29 is 0 Å². The maximum atomic E-state index is 5.73. The SMILES string of the molecule is Cc1cc(C)c([N]=[Sb][c]2c(C([Si](C)(C)C)[Si](C)(C)C)cc(C([Si](C)(C)C)[Si](C)(C)C)cc2C([Si](C)(C)C)[Si](C)(C)C)c(C)c1. The predicted molar refractivity (Wildman–Crippen MR) is 223 cm³/mol. The van der Waals surface area contributed by atoms with Gasteiger partial charge >= 0.3 is 294 Å². The minimum atomic E-state index is -1.54. The first kappa shape index (κ1) is 40.5. The molecule has 0 spiro atoms. The molecule has 0 amide bonds. The first-order valence-electron chi connectivity index (χ1n) is 17.1. The first-order valence-corrected chi connectivity index (χ1v) is 40.9. The monoisotopic (exact) mass is 805 g/mol. The van der Waals surface area contributed by atoms with E-state index in [9.17, 15) is 0 Å². The molecule has 0 saturated heterocycles. The van der Waals surface area contributed by atoms with Crippen LogP contribution in [0.5, 0.6) is 0 Å². The van der Waals surface area contributed by atoms with Crippen molar-refractivity contribution in [3.05, 3.63) is 57.6 Å². The van der Waals surface area contributed by atoms with Gasteiger partial charge in [-0.1, -0.05) is 0 Å².